The Kier molecular flexibility index (Phi) is 4.81. The second kappa shape index (κ2) is 7.67. The summed E-state index contributed by atoms with van der Waals surface area (Å²) in [5.74, 6) is 0.610. The smallest absolute Gasteiger partial charge is 0.259 e. The van der Waals surface area contributed by atoms with Gasteiger partial charge in [-0.05, 0) is 43.9 Å². The number of ether oxygens (including phenoxy) is 1. The van der Waals surface area contributed by atoms with Crippen molar-refractivity contribution in [1.29, 1.82) is 0 Å². The molecule has 1 atom stereocenters. The van der Waals surface area contributed by atoms with E-state index in [1.54, 1.807) is 19.2 Å². The minimum atomic E-state index is -0.590. The molecule has 3 N–H and O–H groups in total. The second-order valence-corrected chi connectivity index (χ2v) is 8.26. The predicted molar refractivity (Wildman–Crippen MR) is 116 cm³/mol. The van der Waals surface area contributed by atoms with E-state index in [0.717, 1.165) is 12.8 Å². The summed E-state index contributed by atoms with van der Waals surface area (Å²) in [5, 5.41) is 7.01. The van der Waals surface area contributed by atoms with Crippen molar-refractivity contribution in [1.82, 2.24) is 19.9 Å². The molecule has 5 rings (SSSR count). The van der Waals surface area contributed by atoms with Crippen molar-refractivity contribution in [2.45, 2.75) is 32.4 Å². The first-order valence-corrected chi connectivity index (χ1v) is 10.5. The molecule has 2 bridgehead atoms. The molecule has 1 aromatic carbocycles. The van der Waals surface area contributed by atoms with Crippen LogP contribution in [0.1, 0.15) is 35.7 Å². The van der Waals surface area contributed by atoms with Crippen LogP contribution in [0.3, 0.4) is 0 Å². The summed E-state index contributed by atoms with van der Waals surface area (Å²) in [6, 6.07) is 4.56. The number of nitrogens with one attached hydrogen (secondary N) is 1. The fraction of sp³-hybridized carbons (Fsp3) is 0.364. The third kappa shape index (κ3) is 3.56. The highest BCUT2D eigenvalue weighted by Gasteiger charge is 2.29. The first-order valence-electron chi connectivity index (χ1n) is 10.5. The van der Waals surface area contributed by atoms with Gasteiger partial charge in [-0.25, -0.2) is 18.7 Å². The van der Waals surface area contributed by atoms with Gasteiger partial charge in [0, 0.05) is 24.8 Å². The summed E-state index contributed by atoms with van der Waals surface area (Å²) in [6.45, 7) is 10.5. The van der Waals surface area contributed by atoms with E-state index in [4.69, 9.17) is 22.0 Å². The number of nitrogen functional groups attached to an aromatic ring is 1. The fourth-order valence-corrected chi connectivity index (χ4v) is 3.93. The van der Waals surface area contributed by atoms with E-state index in [0.29, 0.717) is 35.2 Å². The molecule has 0 spiro atoms. The number of carbonyl (C=O) groups is 1. The number of hydrogen-bond donors (Lipinski definition) is 2. The highest BCUT2D eigenvalue weighted by atomic mass is 19.1. The maximum absolute atomic E-state index is 14.5. The number of anilines is 2. The van der Waals surface area contributed by atoms with E-state index in [-0.39, 0.29) is 30.2 Å². The number of nitrogens with two attached hydrogens (primary N) is 1. The number of rotatable bonds is 2. The molecule has 1 fully saturated rings. The van der Waals surface area contributed by atoms with E-state index in [2.05, 4.69) is 15.3 Å². The van der Waals surface area contributed by atoms with E-state index < -0.39 is 17.8 Å². The average molecular weight is 435 g/mol. The Bertz CT molecular complexity index is 1260. The molecule has 3 heterocycles. The van der Waals surface area contributed by atoms with Crippen molar-refractivity contribution in [2.24, 2.45) is 5.92 Å². The van der Waals surface area contributed by atoms with Crippen LogP contribution < -0.4 is 20.7 Å². The Hall–Kier alpha value is -3.87. The van der Waals surface area contributed by atoms with Gasteiger partial charge in [0.25, 0.3) is 5.91 Å². The number of carbonyl (C=O) groups excluding carboxylic acids is 1. The largest absolute Gasteiger partial charge is 0.490 e. The minimum absolute atomic E-state index is 0.0650. The number of amides is 1. The van der Waals surface area contributed by atoms with E-state index >= 15 is 0 Å². The van der Waals surface area contributed by atoms with Crippen LogP contribution in [-0.2, 0) is 6.54 Å². The number of hydrogen-bond acceptors (Lipinski definition) is 6. The molecule has 2 aromatic heterocycles. The van der Waals surface area contributed by atoms with Crippen LogP contribution in [0.25, 0.3) is 10.5 Å². The monoisotopic (exact) mass is 435 g/mol. The van der Waals surface area contributed by atoms with Crippen LogP contribution in [0.2, 0.25) is 0 Å². The van der Waals surface area contributed by atoms with Gasteiger partial charge >= 0.3 is 0 Å². The van der Waals surface area contributed by atoms with E-state index in [1.165, 1.54) is 16.6 Å². The molecule has 164 valence electrons. The average Bonchev–Trinajstić information content (AvgIpc) is 3.52. The molecule has 1 aliphatic heterocycles. The summed E-state index contributed by atoms with van der Waals surface area (Å²) in [7, 11) is 0. The molecule has 9 nitrogen and oxygen atoms in total. The standard InChI is InChI=1S/C22H22FN7O2/c1-12-9-26-22(31)18-20(24)28-30-8-7-17(27-21(18)30)29(10-13-3-4-13)11-14-16(32-12)6-5-15(23)19(14)25-2/h5-8,12-13H,3-4,9-11H2,1H3,(H2,24,28)(H,26,31)/t12-/m0/s1. The molecule has 0 unspecified atom stereocenters. The summed E-state index contributed by atoms with van der Waals surface area (Å²) < 4.78 is 22.0. The van der Waals surface area contributed by atoms with Crippen molar-refractivity contribution in [3.63, 3.8) is 0 Å². The van der Waals surface area contributed by atoms with Crippen LogP contribution in [0.5, 0.6) is 5.75 Å². The summed E-state index contributed by atoms with van der Waals surface area (Å²) >= 11 is 0. The predicted octanol–water partition coefficient (Wildman–Crippen LogP) is 2.93. The Morgan fingerprint density at radius 1 is 1.38 bits per heavy atom. The number of aromatic nitrogens is 3. The van der Waals surface area contributed by atoms with Gasteiger partial charge in [-0.2, -0.15) is 0 Å². The zero-order valence-electron chi connectivity index (χ0n) is 17.5. The summed E-state index contributed by atoms with van der Waals surface area (Å²) in [5.41, 5.74) is 6.97. The quantitative estimate of drug-likeness (QED) is 0.600. The normalized spacial score (nSPS) is 18.7. The molecular weight excluding hydrogens is 413 g/mol. The van der Waals surface area contributed by atoms with E-state index in [9.17, 15) is 9.18 Å². The second-order valence-electron chi connectivity index (χ2n) is 8.26. The molecule has 10 heteroatoms. The number of nitrogens with zero attached hydrogens (tertiary/aromatic N) is 5. The molecular formula is C22H22FN7O2. The van der Waals surface area contributed by atoms with Crippen molar-refractivity contribution < 1.29 is 13.9 Å². The van der Waals surface area contributed by atoms with Crippen molar-refractivity contribution in [3.8, 4) is 5.75 Å². The molecule has 1 amide bonds. The molecule has 3 aromatic rings. The van der Waals surface area contributed by atoms with Crippen LogP contribution in [-0.4, -0.2) is 39.7 Å². The summed E-state index contributed by atoms with van der Waals surface area (Å²) in [4.78, 5) is 23.0. The lowest BCUT2D eigenvalue weighted by Gasteiger charge is -2.26. The highest BCUT2D eigenvalue weighted by molar-refractivity contribution is 6.04. The van der Waals surface area contributed by atoms with Crippen LogP contribution in [0, 0.1) is 18.3 Å². The summed E-state index contributed by atoms with van der Waals surface area (Å²) in [6.07, 6.45) is 3.48. The van der Waals surface area contributed by atoms with Gasteiger partial charge in [0.2, 0.25) is 5.69 Å². The first kappa shape index (κ1) is 20.1. The van der Waals surface area contributed by atoms with Gasteiger partial charge in [-0.3, -0.25) is 4.79 Å². The minimum Gasteiger partial charge on any atom is -0.490 e. The lowest BCUT2D eigenvalue weighted by molar-refractivity contribution is 0.0934. The highest BCUT2D eigenvalue weighted by Crippen LogP contribution is 2.37. The van der Waals surface area contributed by atoms with Gasteiger partial charge in [0.15, 0.2) is 11.5 Å². The molecule has 0 saturated heterocycles. The first-order chi connectivity index (χ1) is 15.4. The maximum atomic E-state index is 14.5. The van der Waals surface area contributed by atoms with Gasteiger partial charge in [0.05, 0.1) is 13.1 Å². The van der Waals surface area contributed by atoms with Crippen molar-refractivity contribution >= 4 is 28.9 Å². The zero-order chi connectivity index (χ0) is 22.4. The van der Waals surface area contributed by atoms with Gasteiger partial charge in [-0.15, -0.1) is 5.10 Å². The lowest BCUT2D eigenvalue weighted by Crippen LogP contribution is -2.34. The maximum Gasteiger partial charge on any atom is 0.259 e. The van der Waals surface area contributed by atoms with Gasteiger partial charge in [-0.1, -0.05) is 0 Å². The lowest BCUT2D eigenvalue weighted by atomic mass is 10.1. The van der Waals surface area contributed by atoms with Gasteiger partial charge in [0.1, 0.15) is 29.1 Å². The van der Waals surface area contributed by atoms with Crippen LogP contribution in [0.4, 0.5) is 21.7 Å². The van der Waals surface area contributed by atoms with Crippen LogP contribution >= 0.6 is 0 Å². The molecule has 1 aliphatic carbocycles. The Morgan fingerprint density at radius 2 is 2.19 bits per heavy atom. The van der Waals surface area contributed by atoms with Crippen LogP contribution in [0.15, 0.2) is 24.4 Å². The molecule has 32 heavy (non-hydrogen) atoms. The Morgan fingerprint density at radius 3 is 2.94 bits per heavy atom. The van der Waals surface area contributed by atoms with E-state index in [1.807, 2.05) is 4.90 Å². The number of benzene rings is 1. The fourth-order valence-electron chi connectivity index (χ4n) is 3.93. The molecule has 2 aliphatic rings. The van der Waals surface area contributed by atoms with Gasteiger partial charge < -0.3 is 20.7 Å². The SMILES string of the molecule is [C-]#[N+]c1c(F)ccc2c1CN(CC1CC1)c1ccn3nc(N)c(c3n1)C(=O)NC[C@H](C)O2. The third-order valence-corrected chi connectivity index (χ3v) is 5.75. The number of halogens is 1. The Balaban J connectivity index is 1.69. The molecule has 0 radical (unpaired) electrons. The van der Waals surface area contributed by atoms with Crippen molar-refractivity contribution in [3.05, 3.63) is 52.8 Å². The van der Waals surface area contributed by atoms with Crippen molar-refractivity contribution in [2.75, 3.05) is 23.7 Å². The topological polar surface area (TPSA) is 102 Å². The molecule has 1 saturated carbocycles. The number of fused-ring (bicyclic) bond motifs is 2. The Labute approximate surface area is 183 Å². The zero-order valence-corrected chi connectivity index (χ0v) is 17.5. The third-order valence-electron chi connectivity index (χ3n) is 5.75.